The first-order chi connectivity index (χ1) is 16.9. The third kappa shape index (κ3) is 5.29. The average Bonchev–Trinajstić information content (AvgIpc) is 3.47. The van der Waals surface area contributed by atoms with E-state index in [1.807, 2.05) is 23.1 Å². The largest absolute Gasteiger partial charge is 0.491 e. The minimum atomic E-state index is -4.27. The van der Waals surface area contributed by atoms with Gasteiger partial charge in [0.1, 0.15) is 28.2 Å². The summed E-state index contributed by atoms with van der Waals surface area (Å²) in [5.41, 5.74) is 1.38. The van der Waals surface area contributed by atoms with E-state index in [-0.39, 0.29) is 10.8 Å². The molecule has 1 aromatic carbocycles. The third-order valence-corrected chi connectivity index (χ3v) is 6.81. The minimum absolute atomic E-state index is 0.0451. The van der Waals surface area contributed by atoms with Gasteiger partial charge < -0.3 is 14.5 Å². The highest BCUT2D eigenvalue weighted by molar-refractivity contribution is 7.18. The summed E-state index contributed by atoms with van der Waals surface area (Å²) in [6.45, 7) is 2.51. The molecule has 1 saturated heterocycles. The molecule has 0 saturated carbocycles. The van der Waals surface area contributed by atoms with Crippen LogP contribution in [-0.4, -0.2) is 75.1 Å². The number of aromatic amines is 1. The first-order valence-electron chi connectivity index (χ1n) is 11.1. The Labute approximate surface area is 201 Å². The van der Waals surface area contributed by atoms with Crippen molar-refractivity contribution < 1.29 is 22.7 Å². The summed E-state index contributed by atoms with van der Waals surface area (Å²) in [4.78, 5) is 25.7. The number of amides is 1. The fraction of sp³-hybridized carbons (Fsp3) is 0.409. The van der Waals surface area contributed by atoms with Crippen molar-refractivity contribution in [3.63, 3.8) is 0 Å². The monoisotopic (exact) mass is 505 g/mol. The van der Waals surface area contributed by atoms with Gasteiger partial charge in [0.05, 0.1) is 18.4 Å². The van der Waals surface area contributed by atoms with E-state index in [1.165, 1.54) is 12.4 Å². The van der Waals surface area contributed by atoms with Crippen LogP contribution in [-0.2, 0) is 11.2 Å². The Balaban J connectivity index is 1.13. The van der Waals surface area contributed by atoms with Gasteiger partial charge in [-0.05, 0) is 24.6 Å². The molecule has 1 amide bonds. The van der Waals surface area contributed by atoms with E-state index in [1.54, 1.807) is 4.90 Å². The van der Waals surface area contributed by atoms with E-state index in [4.69, 9.17) is 4.74 Å². The first kappa shape index (κ1) is 23.3. The number of nitrogens with zero attached hydrogens (tertiary/aromatic N) is 6. The Morgan fingerprint density at radius 2 is 1.97 bits per heavy atom. The average molecular weight is 506 g/mol. The van der Waals surface area contributed by atoms with Gasteiger partial charge in [0, 0.05) is 37.5 Å². The Bertz CT molecular complexity index is 1330. The second-order valence-corrected chi connectivity index (χ2v) is 9.30. The van der Waals surface area contributed by atoms with Crippen molar-refractivity contribution in [2.24, 2.45) is 0 Å². The number of thiophene rings is 1. The number of fused-ring (bicyclic) bond motifs is 2. The number of piperazine rings is 1. The summed E-state index contributed by atoms with van der Waals surface area (Å²) < 4.78 is 44.2. The zero-order valence-corrected chi connectivity index (χ0v) is 19.4. The number of hydrogen-bond acceptors (Lipinski definition) is 8. The normalized spacial score (nSPS) is 14.7. The summed E-state index contributed by atoms with van der Waals surface area (Å²) in [5, 5.41) is 11.3. The topological polar surface area (TPSA) is 100 Å². The van der Waals surface area contributed by atoms with Crippen LogP contribution in [0, 0.1) is 0 Å². The molecule has 1 N–H and O–H groups in total. The van der Waals surface area contributed by atoms with Gasteiger partial charge in [0.2, 0.25) is 5.91 Å². The predicted molar refractivity (Wildman–Crippen MR) is 125 cm³/mol. The van der Waals surface area contributed by atoms with Crippen molar-refractivity contribution in [1.82, 2.24) is 30.3 Å². The number of halogens is 3. The Morgan fingerprint density at radius 1 is 1.14 bits per heavy atom. The van der Waals surface area contributed by atoms with Gasteiger partial charge in [0.15, 0.2) is 5.52 Å². The standard InChI is InChI=1S/C22H22F3N7O2S/c23-22(24,25)12-14-11-15-20(26-13-27-21(15)35-14)32-8-6-31(7-9-32)18(33)5-2-10-34-17-4-1-3-16-19(17)29-30-28-16/h1,3-4,11,13H,2,5-10,12H2,(H,28,29,30). The molecule has 0 unspecified atom stereocenters. The Morgan fingerprint density at radius 3 is 2.77 bits per heavy atom. The van der Waals surface area contributed by atoms with Crippen LogP contribution in [0.25, 0.3) is 21.3 Å². The molecule has 35 heavy (non-hydrogen) atoms. The number of carbonyl (C=O) groups excluding carboxylic acids is 1. The van der Waals surface area contributed by atoms with Crippen molar-refractivity contribution in [1.29, 1.82) is 0 Å². The molecular weight excluding hydrogens is 483 g/mol. The van der Waals surface area contributed by atoms with Gasteiger partial charge in [-0.15, -0.1) is 11.3 Å². The second kappa shape index (κ2) is 9.64. The maximum atomic E-state index is 12.8. The molecular formula is C22H22F3N7O2S. The van der Waals surface area contributed by atoms with Crippen LogP contribution in [0.3, 0.4) is 0 Å². The molecule has 13 heteroatoms. The number of alkyl halides is 3. The quantitative estimate of drug-likeness (QED) is 0.383. The fourth-order valence-corrected chi connectivity index (χ4v) is 5.14. The highest BCUT2D eigenvalue weighted by Crippen LogP contribution is 2.34. The molecule has 1 aliphatic heterocycles. The van der Waals surface area contributed by atoms with Crippen molar-refractivity contribution in [2.45, 2.75) is 25.4 Å². The molecule has 1 aliphatic rings. The molecule has 4 heterocycles. The fourth-order valence-electron chi connectivity index (χ4n) is 4.12. The van der Waals surface area contributed by atoms with Crippen LogP contribution in [0.5, 0.6) is 5.75 Å². The maximum Gasteiger partial charge on any atom is 0.393 e. The van der Waals surface area contributed by atoms with Gasteiger partial charge in [-0.3, -0.25) is 4.79 Å². The van der Waals surface area contributed by atoms with Crippen molar-refractivity contribution in [3.05, 3.63) is 35.5 Å². The number of rotatable bonds is 7. The molecule has 9 nitrogen and oxygen atoms in total. The van der Waals surface area contributed by atoms with Gasteiger partial charge in [-0.2, -0.15) is 28.6 Å². The van der Waals surface area contributed by atoms with Crippen LogP contribution in [0.15, 0.2) is 30.6 Å². The van der Waals surface area contributed by atoms with E-state index >= 15 is 0 Å². The Kier molecular flexibility index (Phi) is 6.41. The molecule has 0 radical (unpaired) electrons. The number of carbonyl (C=O) groups is 1. The Hall–Kier alpha value is -3.48. The smallest absolute Gasteiger partial charge is 0.393 e. The number of benzene rings is 1. The summed E-state index contributed by atoms with van der Waals surface area (Å²) in [5.74, 6) is 1.28. The molecule has 1 fully saturated rings. The van der Waals surface area contributed by atoms with Crippen molar-refractivity contribution in [3.8, 4) is 5.75 Å². The molecule has 0 bridgehead atoms. The maximum absolute atomic E-state index is 12.8. The molecule has 184 valence electrons. The van der Waals surface area contributed by atoms with Gasteiger partial charge in [0.25, 0.3) is 0 Å². The SMILES string of the molecule is O=C(CCCOc1cccc2n[nH]nc12)N1CCN(c2ncnc3sc(CC(F)(F)F)cc23)CC1. The molecule has 0 atom stereocenters. The third-order valence-electron chi connectivity index (χ3n) is 5.77. The summed E-state index contributed by atoms with van der Waals surface area (Å²) in [7, 11) is 0. The lowest BCUT2D eigenvalue weighted by Crippen LogP contribution is -2.49. The minimum Gasteiger partial charge on any atom is -0.491 e. The highest BCUT2D eigenvalue weighted by Gasteiger charge is 2.30. The predicted octanol–water partition coefficient (Wildman–Crippen LogP) is 3.58. The second-order valence-electron chi connectivity index (χ2n) is 8.19. The van der Waals surface area contributed by atoms with Crippen molar-refractivity contribution >= 4 is 44.3 Å². The first-order valence-corrected chi connectivity index (χ1v) is 11.9. The molecule has 0 spiro atoms. The van der Waals surface area contributed by atoms with Crippen molar-refractivity contribution in [2.75, 3.05) is 37.7 Å². The van der Waals surface area contributed by atoms with E-state index < -0.39 is 12.6 Å². The number of hydrogen-bond donors (Lipinski definition) is 1. The lowest BCUT2D eigenvalue weighted by atomic mass is 10.2. The molecule has 5 rings (SSSR count). The number of anilines is 1. The number of aromatic nitrogens is 5. The van der Waals surface area contributed by atoms with Gasteiger partial charge >= 0.3 is 6.18 Å². The van der Waals surface area contributed by atoms with E-state index in [9.17, 15) is 18.0 Å². The zero-order valence-electron chi connectivity index (χ0n) is 18.6. The lowest BCUT2D eigenvalue weighted by Gasteiger charge is -2.35. The molecule has 0 aliphatic carbocycles. The van der Waals surface area contributed by atoms with E-state index in [2.05, 4.69) is 25.4 Å². The van der Waals surface area contributed by atoms with Crippen LogP contribution in [0.4, 0.5) is 19.0 Å². The number of H-pyrrole nitrogens is 1. The van der Waals surface area contributed by atoms with Crippen LogP contribution >= 0.6 is 11.3 Å². The summed E-state index contributed by atoms with van der Waals surface area (Å²) in [6.07, 6.45) is -2.95. The highest BCUT2D eigenvalue weighted by atomic mass is 32.1. The molecule has 4 aromatic rings. The zero-order chi connectivity index (χ0) is 24.4. The number of para-hydroxylation sites is 1. The lowest BCUT2D eigenvalue weighted by molar-refractivity contribution is -0.131. The van der Waals surface area contributed by atoms with Crippen LogP contribution in [0.1, 0.15) is 17.7 Å². The summed E-state index contributed by atoms with van der Waals surface area (Å²) >= 11 is 1.04. The van der Waals surface area contributed by atoms with Crippen LogP contribution < -0.4 is 9.64 Å². The van der Waals surface area contributed by atoms with Crippen LogP contribution in [0.2, 0.25) is 0 Å². The number of ether oxygens (including phenoxy) is 1. The summed E-state index contributed by atoms with van der Waals surface area (Å²) in [6, 6.07) is 7.01. The molecule has 3 aromatic heterocycles. The number of nitrogens with one attached hydrogen (secondary N) is 1. The van der Waals surface area contributed by atoms with E-state index in [0.717, 1.165) is 16.9 Å². The van der Waals surface area contributed by atoms with Gasteiger partial charge in [-0.1, -0.05) is 6.07 Å². The van der Waals surface area contributed by atoms with E-state index in [0.29, 0.717) is 72.9 Å². The van der Waals surface area contributed by atoms with Gasteiger partial charge in [-0.25, -0.2) is 9.97 Å².